The van der Waals surface area contributed by atoms with Gasteiger partial charge >= 0.3 is 0 Å². The van der Waals surface area contributed by atoms with E-state index in [0.717, 1.165) is 4.31 Å². The minimum absolute atomic E-state index is 0.0172. The van der Waals surface area contributed by atoms with Crippen molar-refractivity contribution >= 4 is 27.3 Å². The van der Waals surface area contributed by atoms with Crippen molar-refractivity contribution in [2.45, 2.75) is 11.8 Å². The largest absolute Gasteiger partial charge is 0.267 e. The SMILES string of the molecule is CCN(c1cccc(F)c1)S(=O)(=O)c1ccnc(Cl)c1. The summed E-state index contributed by atoms with van der Waals surface area (Å²) in [6.45, 7) is 1.84. The molecule has 1 aromatic heterocycles. The molecule has 0 radical (unpaired) electrons. The van der Waals surface area contributed by atoms with Crippen molar-refractivity contribution in [3.8, 4) is 0 Å². The summed E-state index contributed by atoms with van der Waals surface area (Å²) in [5.74, 6) is -0.496. The maximum absolute atomic E-state index is 13.3. The molecular formula is C13H12ClFN2O2S. The second-order valence-electron chi connectivity index (χ2n) is 3.96. The van der Waals surface area contributed by atoms with E-state index >= 15 is 0 Å². The molecule has 0 atom stereocenters. The van der Waals surface area contributed by atoms with Crippen molar-refractivity contribution in [2.75, 3.05) is 10.8 Å². The van der Waals surface area contributed by atoms with Crippen molar-refractivity contribution in [3.05, 3.63) is 53.6 Å². The first-order valence-corrected chi connectivity index (χ1v) is 7.67. The standard InChI is InChI=1S/C13H12ClFN2O2S/c1-2-17(11-5-3-4-10(15)8-11)20(18,19)12-6-7-16-13(14)9-12/h3-9H,2H2,1H3. The summed E-state index contributed by atoms with van der Waals surface area (Å²) < 4.78 is 39.5. The van der Waals surface area contributed by atoms with Crippen LogP contribution in [0.15, 0.2) is 47.5 Å². The van der Waals surface area contributed by atoms with Crippen molar-refractivity contribution in [1.82, 2.24) is 4.98 Å². The molecule has 0 aliphatic heterocycles. The lowest BCUT2D eigenvalue weighted by Crippen LogP contribution is -2.30. The van der Waals surface area contributed by atoms with Crippen LogP contribution in [0.3, 0.4) is 0 Å². The third-order valence-corrected chi connectivity index (χ3v) is 4.78. The summed E-state index contributed by atoms with van der Waals surface area (Å²) in [5, 5.41) is 0.0846. The molecule has 2 aromatic rings. The highest BCUT2D eigenvalue weighted by atomic mass is 35.5. The van der Waals surface area contributed by atoms with Gasteiger partial charge in [-0.05, 0) is 37.3 Å². The van der Waals surface area contributed by atoms with Crippen molar-refractivity contribution < 1.29 is 12.8 Å². The predicted molar refractivity (Wildman–Crippen MR) is 75.9 cm³/mol. The summed E-state index contributed by atoms with van der Waals surface area (Å²) in [5.41, 5.74) is 0.264. The van der Waals surface area contributed by atoms with Gasteiger partial charge in [-0.15, -0.1) is 0 Å². The van der Waals surface area contributed by atoms with Gasteiger partial charge in [0.25, 0.3) is 10.0 Å². The topological polar surface area (TPSA) is 50.3 Å². The average Bonchev–Trinajstić information content (AvgIpc) is 2.39. The third-order valence-electron chi connectivity index (χ3n) is 2.67. The maximum Gasteiger partial charge on any atom is 0.264 e. The predicted octanol–water partition coefficient (Wildman–Crippen LogP) is 3.09. The minimum Gasteiger partial charge on any atom is -0.267 e. The Kier molecular flexibility index (Phi) is 4.25. The molecule has 0 unspecified atom stereocenters. The Morgan fingerprint density at radius 2 is 2.05 bits per heavy atom. The zero-order valence-electron chi connectivity index (χ0n) is 10.6. The van der Waals surface area contributed by atoms with Crippen LogP contribution in [-0.4, -0.2) is 19.9 Å². The van der Waals surface area contributed by atoms with E-state index in [-0.39, 0.29) is 22.3 Å². The van der Waals surface area contributed by atoms with E-state index in [4.69, 9.17) is 11.6 Å². The Bertz CT molecular complexity index is 722. The van der Waals surface area contributed by atoms with Gasteiger partial charge in [-0.25, -0.2) is 17.8 Å². The van der Waals surface area contributed by atoms with E-state index in [1.807, 2.05) is 0 Å². The first-order chi connectivity index (χ1) is 9.45. The number of anilines is 1. The number of halogens is 2. The van der Waals surface area contributed by atoms with E-state index in [1.54, 1.807) is 6.92 Å². The van der Waals surface area contributed by atoms with E-state index < -0.39 is 15.8 Å². The zero-order chi connectivity index (χ0) is 14.8. The van der Waals surface area contributed by atoms with Crippen LogP contribution in [0.5, 0.6) is 0 Å². The lowest BCUT2D eigenvalue weighted by molar-refractivity contribution is 0.591. The highest BCUT2D eigenvalue weighted by molar-refractivity contribution is 7.92. The molecule has 1 heterocycles. The second kappa shape index (κ2) is 5.76. The molecule has 1 aromatic carbocycles. The maximum atomic E-state index is 13.3. The third kappa shape index (κ3) is 2.91. The Hall–Kier alpha value is -1.66. The van der Waals surface area contributed by atoms with Crippen LogP contribution >= 0.6 is 11.6 Å². The number of rotatable bonds is 4. The van der Waals surface area contributed by atoms with Gasteiger partial charge in [-0.3, -0.25) is 4.31 Å². The Labute approximate surface area is 121 Å². The van der Waals surface area contributed by atoms with Crippen LogP contribution in [-0.2, 0) is 10.0 Å². The zero-order valence-corrected chi connectivity index (χ0v) is 12.2. The molecule has 0 amide bonds. The van der Waals surface area contributed by atoms with E-state index in [1.165, 1.54) is 42.6 Å². The number of benzene rings is 1. The van der Waals surface area contributed by atoms with Gasteiger partial charge in [0.1, 0.15) is 11.0 Å². The van der Waals surface area contributed by atoms with E-state index in [2.05, 4.69) is 4.98 Å². The molecule has 20 heavy (non-hydrogen) atoms. The summed E-state index contributed by atoms with van der Waals surface area (Å²) in [4.78, 5) is 3.77. The Morgan fingerprint density at radius 1 is 1.30 bits per heavy atom. The molecule has 0 aliphatic rings. The molecule has 0 spiro atoms. The van der Waals surface area contributed by atoms with Crippen LogP contribution in [0.1, 0.15) is 6.92 Å². The van der Waals surface area contributed by atoms with E-state index in [0.29, 0.717) is 0 Å². The molecular weight excluding hydrogens is 303 g/mol. The number of hydrogen-bond acceptors (Lipinski definition) is 3. The summed E-state index contributed by atoms with van der Waals surface area (Å²) in [6.07, 6.45) is 1.31. The summed E-state index contributed by atoms with van der Waals surface area (Å²) in [7, 11) is -3.80. The van der Waals surface area contributed by atoms with Crippen molar-refractivity contribution in [1.29, 1.82) is 0 Å². The van der Waals surface area contributed by atoms with Crippen LogP contribution in [0.4, 0.5) is 10.1 Å². The van der Waals surface area contributed by atoms with Crippen LogP contribution in [0.25, 0.3) is 0 Å². The first kappa shape index (κ1) is 14.7. The van der Waals surface area contributed by atoms with Gasteiger partial charge in [-0.1, -0.05) is 17.7 Å². The lowest BCUT2D eigenvalue weighted by Gasteiger charge is -2.22. The second-order valence-corrected chi connectivity index (χ2v) is 6.21. The molecule has 0 aliphatic carbocycles. The van der Waals surface area contributed by atoms with E-state index in [9.17, 15) is 12.8 Å². The number of nitrogens with zero attached hydrogens (tertiary/aromatic N) is 2. The summed E-state index contributed by atoms with van der Waals surface area (Å²) in [6, 6.07) is 8.04. The highest BCUT2D eigenvalue weighted by Crippen LogP contribution is 2.24. The van der Waals surface area contributed by atoms with Gasteiger partial charge in [0.05, 0.1) is 10.6 Å². The van der Waals surface area contributed by atoms with Crippen molar-refractivity contribution in [2.24, 2.45) is 0 Å². The number of aromatic nitrogens is 1. The number of pyridine rings is 1. The van der Waals surface area contributed by atoms with Crippen molar-refractivity contribution in [3.63, 3.8) is 0 Å². The number of sulfonamides is 1. The summed E-state index contributed by atoms with van der Waals surface area (Å²) >= 11 is 5.72. The smallest absolute Gasteiger partial charge is 0.264 e. The van der Waals surface area contributed by atoms with Crippen LogP contribution in [0, 0.1) is 5.82 Å². The molecule has 0 bridgehead atoms. The van der Waals surface area contributed by atoms with Gasteiger partial charge in [0.2, 0.25) is 0 Å². The molecule has 7 heteroatoms. The van der Waals surface area contributed by atoms with Gasteiger partial charge in [0.15, 0.2) is 0 Å². The first-order valence-electron chi connectivity index (χ1n) is 5.85. The fraction of sp³-hybridized carbons (Fsp3) is 0.154. The molecule has 0 saturated carbocycles. The molecule has 0 N–H and O–H groups in total. The fourth-order valence-electron chi connectivity index (χ4n) is 1.79. The Morgan fingerprint density at radius 3 is 2.65 bits per heavy atom. The molecule has 106 valence electrons. The van der Waals surface area contributed by atoms with Gasteiger partial charge in [0, 0.05) is 12.7 Å². The Balaban J connectivity index is 2.50. The minimum atomic E-state index is -3.80. The monoisotopic (exact) mass is 314 g/mol. The van der Waals surface area contributed by atoms with Gasteiger partial charge in [-0.2, -0.15) is 0 Å². The quantitative estimate of drug-likeness (QED) is 0.815. The highest BCUT2D eigenvalue weighted by Gasteiger charge is 2.24. The molecule has 0 fully saturated rings. The van der Waals surface area contributed by atoms with Crippen LogP contribution in [0.2, 0.25) is 5.15 Å². The lowest BCUT2D eigenvalue weighted by atomic mass is 10.3. The fourth-order valence-corrected chi connectivity index (χ4v) is 3.51. The molecule has 0 saturated heterocycles. The molecule has 4 nitrogen and oxygen atoms in total. The number of hydrogen-bond donors (Lipinski definition) is 0. The van der Waals surface area contributed by atoms with Crippen LogP contribution < -0.4 is 4.31 Å². The average molecular weight is 315 g/mol. The molecule has 2 rings (SSSR count). The van der Waals surface area contributed by atoms with Gasteiger partial charge < -0.3 is 0 Å². The normalized spacial score (nSPS) is 11.3.